The lowest BCUT2D eigenvalue weighted by atomic mass is 9.82. The molecule has 4 amide bonds. The van der Waals surface area contributed by atoms with E-state index in [1.165, 1.54) is 56.6 Å². The minimum atomic E-state index is -0.735. The molecule has 8 rings (SSSR count). The summed E-state index contributed by atoms with van der Waals surface area (Å²) in [6.07, 6.45) is 13.5. The number of hydrogen-bond acceptors (Lipinski definition) is 8. The van der Waals surface area contributed by atoms with E-state index in [4.69, 9.17) is 19.4 Å². The number of nitrogens with one attached hydrogen (secondary N) is 4. The number of benzene rings is 2. The molecule has 4 aromatic rings. The Hall–Kier alpha value is -6.18. The van der Waals surface area contributed by atoms with Crippen LogP contribution in [0.4, 0.5) is 9.59 Å². The monoisotopic (exact) mass is 856 g/mol. The van der Waals surface area contributed by atoms with Gasteiger partial charge < -0.3 is 39.9 Å². The summed E-state index contributed by atoms with van der Waals surface area (Å²) < 4.78 is 9.63. The van der Waals surface area contributed by atoms with E-state index in [0.29, 0.717) is 24.7 Å². The number of carbonyl (C=O) groups excluding carboxylic acids is 4. The minimum Gasteiger partial charge on any atom is -0.453 e. The number of hydrogen-bond donors (Lipinski definition) is 4. The van der Waals surface area contributed by atoms with Crippen molar-refractivity contribution in [2.24, 2.45) is 17.3 Å². The number of imidazole rings is 2. The molecule has 2 aromatic heterocycles. The minimum absolute atomic E-state index is 0.139. The summed E-state index contributed by atoms with van der Waals surface area (Å²) in [6, 6.07) is 10.8. The van der Waals surface area contributed by atoms with Gasteiger partial charge in [-0.05, 0) is 84.6 Å². The molecule has 4 heterocycles. The quantitative estimate of drug-likeness (QED) is 0.109. The molecule has 332 valence electrons. The van der Waals surface area contributed by atoms with E-state index in [1.807, 2.05) is 60.0 Å². The first-order valence-corrected chi connectivity index (χ1v) is 22.2. The van der Waals surface area contributed by atoms with Gasteiger partial charge in [-0.3, -0.25) is 9.59 Å². The van der Waals surface area contributed by atoms with Gasteiger partial charge in [0.05, 0.1) is 38.0 Å². The van der Waals surface area contributed by atoms with E-state index in [0.717, 1.165) is 52.1 Å². The Balaban J connectivity index is 1.05. The lowest BCUT2D eigenvalue weighted by molar-refractivity contribution is -0.135. The summed E-state index contributed by atoms with van der Waals surface area (Å²) in [7, 11) is 2.59. The molecule has 1 saturated carbocycles. The number of aromatic nitrogens is 4. The maximum atomic E-state index is 13.9. The van der Waals surface area contributed by atoms with E-state index in [9.17, 15) is 19.2 Å². The molecule has 0 bridgehead atoms. The van der Waals surface area contributed by atoms with Gasteiger partial charge in [0.1, 0.15) is 35.8 Å². The molecule has 14 nitrogen and oxygen atoms in total. The molecule has 4 aliphatic rings. The molecule has 14 heteroatoms. The van der Waals surface area contributed by atoms with Crippen LogP contribution in [0.3, 0.4) is 0 Å². The summed E-state index contributed by atoms with van der Waals surface area (Å²) in [6.45, 7) is 12.5. The van der Waals surface area contributed by atoms with Crippen LogP contribution in [0.2, 0.25) is 0 Å². The predicted octanol–water partition coefficient (Wildman–Crippen LogP) is 8.21. The molecule has 1 spiro atoms. The third-order valence-electron chi connectivity index (χ3n) is 13.5. The second-order valence-corrected chi connectivity index (χ2v) is 18.7. The Bertz CT molecular complexity index is 2460. The first-order valence-electron chi connectivity index (χ1n) is 22.2. The SMILES string of the molecule is COC(=O)N[C@H](C(=O)N1CC(C)=C[C@H]1c1ncc(-c2ccc(-c3ccc(-c4cnc([C@@H]5C=C(C)CN5C(=O)[C@@H](NC(=O)OC)C(C)C)[nH]4)c4c3CC3(CCCC3)C4)cc2)[nH]1)C(C)C. The van der Waals surface area contributed by atoms with Crippen molar-refractivity contribution in [3.63, 3.8) is 0 Å². The Morgan fingerprint density at radius 3 is 1.60 bits per heavy atom. The van der Waals surface area contributed by atoms with Gasteiger partial charge in [-0.1, -0.05) is 100 Å². The zero-order valence-corrected chi connectivity index (χ0v) is 37.6. The van der Waals surface area contributed by atoms with Crippen LogP contribution in [-0.2, 0) is 31.9 Å². The molecule has 63 heavy (non-hydrogen) atoms. The van der Waals surface area contributed by atoms with Crippen molar-refractivity contribution in [1.29, 1.82) is 0 Å². The van der Waals surface area contributed by atoms with Crippen LogP contribution in [0.15, 0.2) is 72.1 Å². The number of aromatic amines is 2. The average molecular weight is 857 g/mol. The largest absolute Gasteiger partial charge is 0.453 e. The number of H-pyrrole nitrogens is 2. The van der Waals surface area contributed by atoms with Crippen LogP contribution in [0.5, 0.6) is 0 Å². The number of methoxy groups -OCH3 is 2. The van der Waals surface area contributed by atoms with Gasteiger partial charge in [0.15, 0.2) is 0 Å². The molecule has 1 fully saturated rings. The first kappa shape index (κ1) is 43.5. The molecule has 0 radical (unpaired) electrons. The fourth-order valence-electron chi connectivity index (χ4n) is 10.2. The zero-order valence-electron chi connectivity index (χ0n) is 37.6. The topological polar surface area (TPSA) is 175 Å². The molecule has 2 aliphatic heterocycles. The van der Waals surface area contributed by atoms with E-state index < -0.39 is 36.4 Å². The lowest BCUT2D eigenvalue weighted by Gasteiger charge is -2.30. The van der Waals surface area contributed by atoms with Gasteiger partial charge in [0.2, 0.25) is 11.8 Å². The molecular weight excluding hydrogens is 797 g/mol. The van der Waals surface area contributed by atoms with Crippen LogP contribution < -0.4 is 10.6 Å². The highest BCUT2D eigenvalue weighted by molar-refractivity contribution is 5.88. The molecule has 2 aliphatic carbocycles. The van der Waals surface area contributed by atoms with Crippen LogP contribution in [0.1, 0.15) is 102 Å². The van der Waals surface area contributed by atoms with Crippen LogP contribution in [-0.4, -0.2) is 93.1 Å². The fourth-order valence-corrected chi connectivity index (χ4v) is 10.2. The number of amides is 4. The van der Waals surface area contributed by atoms with Crippen LogP contribution in [0, 0.1) is 17.3 Å². The molecule has 4 atom stereocenters. The molecule has 2 aromatic carbocycles. The highest BCUT2D eigenvalue weighted by Crippen LogP contribution is 2.53. The number of fused-ring (bicyclic) bond motifs is 1. The highest BCUT2D eigenvalue weighted by Gasteiger charge is 2.43. The summed E-state index contributed by atoms with van der Waals surface area (Å²) in [5, 5.41) is 5.45. The predicted molar refractivity (Wildman–Crippen MR) is 240 cm³/mol. The second kappa shape index (κ2) is 17.5. The third kappa shape index (κ3) is 8.51. The number of alkyl carbamates (subject to hydrolysis) is 2. The third-order valence-corrected chi connectivity index (χ3v) is 13.5. The van der Waals surface area contributed by atoms with Crippen molar-refractivity contribution in [3.8, 4) is 33.6 Å². The number of ether oxygens (including phenoxy) is 2. The van der Waals surface area contributed by atoms with Gasteiger partial charge in [-0.15, -0.1) is 0 Å². The zero-order chi connectivity index (χ0) is 44.7. The average Bonchev–Trinajstić information content (AvgIpc) is 4.14. The summed E-state index contributed by atoms with van der Waals surface area (Å²) >= 11 is 0. The van der Waals surface area contributed by atoms with Gasteiger partial charge in [-0.25, -0.2) is 19.6 Å². The van der Waals surface area contributed by atoms with Gasteiger partial charge in [-0.2, -0.15) is 0 Å². The van der Waals surface area contributed by atoms with Crippen LogP contribution in [0.25, 0.3) is 33.6 Å². The van der Waals surface area contributed by atoms with Crippen molar-refractivity contribution >= 4 is 24.0 Å². The number of nitrogens with zero attached hydrogens (tertiary/aromatic N) is 4. The van der Waals surface area contributed by atoms with Crippen molar-refractivity contribution in [2.45, 2.75) is 104 Å². The molecular formula is C49H60N8O6. The fraction of sp³-hybridized carbons (Fsp3) is 0.469. The van der Waals surface area contributed by atoms with Gasteiger partial charge in [0, 0.05) is 18.7 Å². The van der Waals surface area contributed by atoms with E-state index in [-0.39, 0.29) is 29.1 Å². The number of carbonyl (C=O) groups is 4. The highest BCUT2D eigenvalue weighted by atomic mass is 16.5. The van der Waals surface area contributed by atoms with Crippen molar-refractivity contribution < 1.29 is 28.7 Å². The standard InChI is InChI=1S/C49H60N8O6/c1-27(2)41(54-47(60)62-7)45(58)56-25-29(5)19-39(56)43-50-23-37(52-43)32-13-11-31(12-14-32)33-15-16-34(36-22-49(21-35(33)36)17-9-10-18-49)38-24-51-44(53-38)40-20-30(6)26-57(40)46(59)42(28(3)4)55-48(61)63-8/h11-16,19-20,23-24,27-28,39-42H,9-10,17-18,21-22,25-26H2,1-8H3,(H,50,52)(H,51,53)(H,54,60)(H,55,61)/t39-,40-,41-,42-/m0/s1. The van der Waals surface area contributed by atoms with Gasteiger partial charge >= 0.3 is 12.2 Å². The molecule has 0 unspecified atom stereocenters. The van der Waals surface area contributed by atoms with E-state index in [1.54, 1.807) is 9.80 Å². The first-order chi connectivity index (χ1) is 30.2. The van der Waals surface area contributed by atoms with Crippen molar-refractivity contribution in [2.75, 3.05) is 27.3 Å². The summed E-state index contributed by atoms with van der Waals surface area (Å²) in [4.78, 5) is 72.3. The molecule has 0 saturated heterocycles. The smallest absolute Gasteiger partial charge is 0.407 e. The Kier molecular flexibility index (Phi) is 12.1. The lowest BCUT2D eigenvalue weighted by Crippen LogP contribution is -2.51. The number of rotatable bonds is 11. The van der Waals surface area contributed by atoms with Crippen LogP contribution >= 0.6 is 0 Å². The van der Waals surface area contributed by atoms with E-state index >= 15 is 0 Å². The van der Waals surface area contributed by atoms with Gasteiger partial charge in [0.25, 0.3) is 0 Å². The maximum absolute atomic E-state index is 13.9. The van der Waals surface area contributed by atoms with E-state index in [2.05, 4.69) is 63.1 Å². The summed E-state index contributed by atoms with van der Waals surface area (Å²) in [5.41, 5.74) is 11.4. The Labute approximate surface area is 369 Å². The molecule has 4 N–H and O–H groups in total. The Morgan fingerprint density at radius 2 is 1.11 bits per heavy atom. The second-order valence-electron chi connectivity index (χ2n) is 18.7. The van der Waals surface area contributed by atoms with Crippen molar-refractivity contribution in [1.82, 2.24) is 40.4 Å². The van der Waals surface area contributed by atoms with Crippen molar-refractivity contribution in [3.05, 3.63) is 94.9 Å². The normalized spacial score (nSPS) is 19.9. The maximum Gasteiger partial charge on any atom is 0.407 e. The summed E-state index contributed by atoms with van der Waals surface area (Å²) in [5.74, 6) is 0.705. The Morgan fingerprint density at radius 1 is 0.667 bits per heavy atom.